The molecule has 1 heterocycles. The summed E-state index contributed by atoms with van der Waals surface area (Å²) in [6.07, 6.45) is 1.74. The molecule has 1 aromatic rings. The fourth-order valence-electron chi connectivity index (χ4n) is 1.71. The van der Waals surface area contributed by atoms with Gasteiger partial charge >= 0.3 is 0 Å². The van der Waals surface area contributed by atoms with Crippen LogP contribution in [0, 0.1) is 0 Å². The lowest BCUT2D eigenvalue weighted by atomic mass is 10.1. The van der Waals surface area contributed by atoms with Gasteiger partial charge in [0.2, 0.25) is 0 Å². The predicted octanol–water partition coefficient (Wildman–Crippen LogP) is 1.40. The van der Waals surface area contributed by atoms with Gasteiger partial charge in [0, 0.05) is 6.61 Å². The second-order valence-corrected chi connectivity index (χ2v) is 4.09. The minimum atomic E-state index is 0.136. The van der Waals surface area contributed by atoms with Gasteiger partial charge in [-0.25, -0.2) is 0 Å². The fraction of sp³-hybridized carbons (Fsp3) is 0.538. The molecule has 17 heavy (non-hydrogen) atoms. The molecule has 1 N–H and O–H groups in total. The predicted molar refractivity (Wildman–Crippen MR) is 63.6 cm³/mol. The number of hydrogen-bond donors (Lipinski definition) is 1. The molecule has 0 amide bonds. The minimum absolute atomic E-state index is 0.136. The molecular weight excluding hydrogens is 220 g/mol. The van der Waals surface area contributed by atoms with E-state index in [9.17, 15) is 0 Å². The van der Waals surface area contributed by atoms with Crippen molar-refractivity contribution in [3.8, 4) is 11.5 Å². The van der Waals surface area contributed by atoms with E-state index in [1.54, 1.807) is 7.11 Å². The van der Waals surface area contributed by atoms with Crippen LogP contribution in [0.15, 0.2) is 18.2 Å². The van der Waals surface area contributed by atoms with E-state index in [4.69, 9.17) is 19.3 Å². The third kappa shape index (κ3) is 3.11. The number of benzene rings is 1. The Kier molecular flexibility index (Phi) is 4.23. The lowest BCUT2D eigenvalue weighted by Gasteiger charge is -2.27. The molecule has 1 aliphatic heterocycles. The first-order chi connectivity index (χ1) is 8.33. The Morgan fingerprint density at radius 1 is 1.35 bits per heavy atom. The van der Waals surface area contributed by atoms with Gasteiger partial charge in [0.05, 0.1) is 20.3 Å². The molecule has 0 bridgehead atoms. The second-order valence-electron chi connectivity index (χ2n) is 4.09. The summed E-state index contributed by atoms with van der Waals surface area (Å²) in [4.78, 5) is 0. The highest BCUT2D eigenvalue weighted by molar-refractivity contribution is 5.43. The van der Waals surface area contributed by atoms with Gasteiger partial charge in [-0.2, -0.15) is 0 Å². The summed E-state index contributed by atoms with van der Waals surface area (Å²) in [7, 11) is 1.63. The van der Waals surface area contributed by atoms with Gasteiger partial charge in [-0.3, -0.25) is 0 Å². The molecule has 1 saturated heterocycles. The van der Waals surface area contributed by atoms with Crippen LogP contribution in [0.1, 0.15) is 12.0 Å². The molecule has 1 aliphatic rings. The van der Waals surface area contributed by atoms with Gasteiger partial charge in [0.1, 0.15) is 6.10 Å². The number of aliphatic hydroxyl groups is 1. The maximum Gasteiger partial charge on any atom is 0.162 e. The average Bonchev–Trinajstić information content (AvgIpc) is 2.31. The van der Waals surface area contributed by atoms with Crippen LogP contribution in [0.25, 0.3) is 0 Å². The molecule has 0 radical (unpaired) electrons. The molecule has 94 valence electrons. The first kappa shape index (κ1) is 12.2. The van der Waals surface area contributed by atoms with Gasteiger partial charge in [-0.1, -0.05) is 6.07 Å². The first-order valence-electron chi connectivity index (χ1n) is 5.85. The van der Waals surface area contributed by atoms with E-state index in [-0.39, 0.29) is 12.7 Å². The zero-order valence-corrected chi connectivity index (χ0v) is 10.0. The van der Waals surface area contributed by atoms with E-state index in [1.165, 1.54) is 0 Å². The van der Waals surface area contributed by atoms with Crippen LogP contribution in [0.2, 0.25) is 0 Å². The molecular formula is C13H18O4. The fourth-order valence-corrected chi connectivity index (χ4v) is 1.71. The van der Waals surface area contributed by atoms with E-state index in [0.29, 0.717) is 13.2 Å². The van der Waals surface area contributed by atoms with Crippen LogP contribution in [-0.2, 0) is 11.2 Å². The summed E-state index contributed by atoms with van der Waals surface area (Å²) < 4.78 is 16.1. The van der Waals surface area contributed by atoms with Crippen molar-refractivity contribution in [2.45, 2.75) is 18.9 Å². The third-order valence-corrected chi connectivity index (χ3v) is 2.75. The molecule has 0 unspecified atom stereocenters. The van der Waals surface area contributed by atoms with Crippen LogP contribution in [0.5, 0.6) is 11.5 Å². The van der Waals surface area contributed by atoms with Crippen LogP contribution in [0.3, 0.4) is 0 Å². The van der Waals surface area contributed by atoms with Crippen molar-refractivity contribution in [1.82, 2.24) is 0 Å². The second kappa shape index (κ2) is 5.89. The Morgan fingerprint density at radius 2 is 2.18 bits per heavy atom. The van der Waals surface area contributed by atoms with E-state index < -0.39 is 0 Å². The molecule has 0 aromatic heterocycles. The van der Waals surface area contributed by atoms with Crippen LogP contribution < -0.4 is 9.47 Å². The van der Waals surface area contributed by atoms with E-state index >= 15 is 0 Å². The summed E-state index contributed by atoms with van der Waals surface area (Å²) in [5, 5.41) is 8.82. The van der Waals surface area contributed by atoms with Gasteiger partial charge in [0.25, 0.3) is 0 Å². The molecule has 1 fully saturated rings. The molecule has 0 spiro atoms. The van der Waals surface area contributed by atoms with Crippen molar-refractivity contribution in [2.24, 2.45) is 0 Å². The standard InChI is InChI=1S/C13H18O4/c1-15-12-5-4-10(3-2-6-14)7-13(12)17-11-8-16-9-11/h4-5,7,11,14H,2-3,6,8-9H2,1H3. The molecule has 4 nitrogen and oxygen atoms in total. The van der Waals surface area contributed by atoms with E-state index in [1.807, 2.05) is 18.2 Å². The molecule has 0 aliphatic carbocycles. The van der Waals surface area contributed by atoms with Crippen molar-refractivity contribution in [1.29, 1.82) is 0 Å². The number of aryl methyl sites for hydroxylation is 1. The quantitative estimate of drug-likeness (QED) is 0.813. The SMILES string of the molecule is COc1ccc(CCCO)cc1OC1COC1. The number of aliphatic hydroxyl groups excluding tert-OH is 1. The summed E-state index contributed by atoms with van der Waals surface area (Å²) in [5.74, 6) is 1.50. The maximum absolute atomic E-state index is 8.82. The number of rotatable bonds is 6. The highest BCUT2D eigenvalue weighted by Gasteiger charge is 2.21. The Bertz CT molecular complexity index is 360. The summed E-state index contributed by atoms with van der Waals surface area (Å²) >= 11 is 0. The summed E-state index contributed by atoms with van der Waals surface area (Å²) in [5.41, 5.74) is 1.15. The van der Waals surface area contributed by atoms with Crippen molar-refractivity contribution < 1.29 is 19.3 Å². The topological polar surface area (TPSA) is 47.9 Å². The van der Waals surface area contributed by atoms with Crippen LogP contribution >= 0.6 is 0 Å². The summed E-state index contributed by atoms with van der Waals surface area (Å²) in [6, 6.07) is 5.88. The molecule has 0 atom stereocenters. The highest BCUT2D eigenvalue weighted by atomic mass is 16.6. The van der Waals surface area contributed by atoms with Crippen molar-refractivity contribution in [2.75, 3.05) is 26.9 Å². The smallest absolute Gasteiger partial charge is 0.162 e. The Hall–Kier alpha value is -1.26. The number of hydrogen-bond acceptors (Lipinski definition) is 4. The largest absolute Gasteiger partial charge is 0.493 e. The molecule has 1 aromatic carbocycles. The lowest BCUT2D eigenvalue weighted by molar-refractivity contribution is -0.0803. The van der Waals surface area contributed by atoms with Crippen molar-refractivity contribution in [3.63, 3.8) is 0 Å². The van der Waals surface area contributed by atoms with Gasteiger partial charge < -0.3 is 19.3 Å². The van der Waals surface area contributed by atoms with Crippen molar-refractivity contribution >= 4 is 0 Å². The lowest BCUT2D eigenvalue weighted by Crippen LogP contribution is -2.38. The number of ether oxygens (including phenoxy) is 3. The zero-order valence-electron chi connectivity index (χ0n) is 10.0. The molecule has 2 rings (SSSR count). The Labute approximate surface area is 101 Å². The van der Waals surface area contributed by atoms with Crippen LogP contribution in [-0.4, -0.2) is 38.1 Å². The normalized spacial score (nSPS) is 15.4. The molecule has 0 saturated carbocycles. The van der Waals surface area contributed by atoms with Gasteiger partial charge in [-0.05, 0) is 30.5 Å². The monoisotopic (exact) mass is 238 g/mol. The molecule has 4 heteroatoms. The third-order valence-electron chi connectivity index (χ3n) is 2.75. The minimum Gasteiger partial charge on any atom is -0.493 e. The first-order valence-corrected chi connectivity index (χ1v) is 5.85. The van der Waals surface area contributed by atoms with E-state index in [0.717, 1.165) is 29.9 Å². The van der Waals surface area contributed by atoms with Crippen LogP contribution in [0.4, 0.5) is 0 Å². The van der Waals surface area contributed by atoms with Gasteiger partial charge in [-0.15, -0.1) is 0 Å². The maximum atomic E-state index is 8.82. The van der Waals surface area contributed by atoms with Gasteiger partial charge in [0.15, 0.2) is 11.5 Å². The van der Waals surface area contributed by atoms with E-state index in [2.05, 4.69) is 0 Å². The Morgan fingerprint density at radius 3 is 2.76 bits per heavy atom. The Balaban J connectivity index is 2.07. The number of methoxy groups -OCH3 is 1. The average molecular weight is 238 g/mol. The highest BCUT2D eigenvalue weighted by Crippen LogP contribution is 2.30. The van der Waals surface area contributed by atoms with Crippen molar-refractivity contribution in [3.05, 3.63) is 23.8 Å². The zero-order chi connectivity index (χ0) is 12.1. The summed E-state index contributed by atoms with van der Waals surface area (Å²) in [6.45, 7) is 1.49.